The number of ether oxygens (including phenoxy) is 1. The summed E-state index contributed by atoms with van der Waals surface area (Å²) in [6, 6.07) is 22.4. The van der Waals surface area contributed by atoms with Gasteiger partial charge in [-0.2, -0.15) is 14.9 Å². The number of nitrogens with zero attached hydrogens (tertiary/aromatic N) is 3. The van der Waals surface area contributed by atoms with Gasteiger partial charge < -0.3 is 4.74 Å². The number of H-pyrrole nitrogens is 1. The van der Waals surface area contributed by atoms with E-state index in [2.05, 4.69) is 59.5 Å². The topological polar surface area (TPSA) is 55.2 Å². The number of aromatic amines is 1. The molecule has 3 aromatic carbocycles. The Morgan fingerprint density at radius 1 is 1.07 bits per heavy atom. The van der Waals surface area contributed by atoms with Gasteiger partial charge in [-0.1, -0.05) is 74.5 Å². The van der Waals surface area contributed by atoms with Crippen molar-refractivity contribution in [3.8, 4) is 5.75 Å². The maximum atomic E-state index is 6.16. The molecule has 29 heavy (non-hydrogen) atoms. The monoisotopic (exact) mass is 402 g/mol. The summed E-state index contributed by atoms with van der Waals surface area (Å²) in [5.41, 5.74) is 2.03. The van der Waals surface area contributed by atoms with Crippen LogP contribution in [0.1, 0.15) is 36.7 Å². The van der Waals surface area contributed by atoms with Crippen molar-refractivity contribution in [2.75, 3.05) is 0 Å². The van der Waals surface area contributed by atoms with E-state index in [4.69, 9.17) is 17.0 Å². The average molecular weight is 403 g/mol. The molecule has 1 heterocycles. The first-order valence-corrected chi connectivity index (χ1v) is 9.94. The summed E-state index contributed by atoms with van der Waals surface area (Å²) in [4.78, 5) is 0. The molecule has 0 aliphatic rings. The van der Waals surface area contributed by atoms with Crippen LogP contribution in [0.2, 0.25) is 0 Å². The zero-order valence-corrected chi connectivity index (χ0v) is 17.2. The van der Waals surface area contributed by atoms with E-state index in [-0.39, 0.29) is 5.92 Å². The van der Waals surface area contributed by atoms with Crippen molar-refractivity contribution in [1.29, 1.82) is 0 Å². The van der Waals surface area contributed by atoms with Gasteiger partial charge in [0.2, 0.25) is 4.77 Å². The van der Waals surface area contributed by atoms with Crippen LogP contribution in [0.3, 0.4) is 0 Å². The van der Waals surface area contributed by atoms with Crippen LogP contribution in [0.5, 0.6) is 5.75 Å². The van der Waals surface area contributed by atoms with Gasteiger partial charge in [0.15, 0.2) is 5.82 Å². The molecule has 6 heteroatoms. The van der Waals surface area contributed by atoms with Crippen molar-refractivity contribution in [2.24, 2.45) is 5.10 Å². The summed E-state index contributed by atoms with van der Waals surface area (Å²) in [5, 5.41) is 13.9. The lowest BCUT2D eigenvalue weighted by Crippen LogP contribution is -2.03. The van der Waals surface area contributed by atoms with Crippen molar-refractivity contribution < 1.29 is 4.74 Å². The maximum absolute atomic E-state index is 6.16. The van der Waals surface area contributed by atoms with E-state index in [9.17, 15) is 0 Å². The van der Waals surface area contributed by atoms with Crippen LogP contribution >= 0.6 is 12.2 Å². The Morgan fingerprint density at radius 2 is 1.83 bits per heavy atom. The number of hydrogen-bond acceptors (Lipinski definition) is 4. The minimum Gasteiger partial charge on any atom is -0.488 e. The minimum atomic E-state index is 0.196. The van der Waals surface area contributed by atoms with Crippen LogP contribution in [0, 0.1) is 4.77 Å². The van der Waals surface area contributed by atoms with Gasteiger partial charge in [0.25, 0.3) is 0 Å². The van der Waals surface area contributed by atoms with Crippen LogP contribution in [0.4, 0.5) is 0 Å². The summed E-state index contributed by atoms with van der Waals surface area (Å²) in [5.74, 6) is 1.76. The van der Waals surface area contributed by atoms with Gasteiger partial charge in [0.1, 0.15) is 12.4 Å². The largest absolute Gasteiger partial charge is 0.488 e. The Bertz CT molecular complexity index is 1210. The molecule has 0 spiro atoms. The Balaban J connectivity index is 1.75. The number of hydrogen-bond donors (Lipinski definition) is 1. The van der Waals surface area contributed by atoms with Crippen molar-refractivity contribution in [3.63, 3.8) is 0 Å². The third-order valence-electron chi connectivity index (χ3n) is 4.66. The summed E-state index contributed by atoms with van der Waals surface area (Å²) >= 11 is 5.35. The Hall–Kier alpha value is -3.25. The number of aromatic nitrogens is 3. The highest BCUT2D eigenvalue weighted by molar-refractivity contribution is 7.71. The Morgan fingerprint density at radius 3 is 2.62 bits per heavy atom. The molecular weight excluding hydrogens is 380 g/mol. The normalized spacial score (nSPS) is 11.6. The maximum Gasteiger partial charge on any atom is 0.216 e. The molecule has 4 rings (SSSR count). The highest BCUT2D eigenvalue weighted by Gasteiger charge is 2.11. The molecule has 0 amide bonds. The minimum absolute atomic E-state index is 0.196. The quantitative estimate of drug-likeness (QED) is 0.333. The lowest BCUT2D eigenvalue weighted by Gasteiger charge is -2.12. The van der Waals surface area contributed by atoms with Gasteiger partial charge in [0, 0.05) is 11.5 Å². The molecule has 1 N–H and O–H groups in total. The Kier molecular flexibility index (Phi) is 5.53. The third-order valence-corrected chi connectivity index (χ3v) is 4.93. The van der Waals surface area contributed by atoms with E-state index in [1.165, 1.54) is 0 Å². The van der Waals surface area contributed by atoms with Crippen LogP contribution in [-0.2, 0) is 6.61 Å². The molecule has 146 valence electrons. The molecule has 4 aromatic rings. The van der Waals surface area contributed by atoms with E-state index in [1.54, 1.807) is 10.9 Å². The molecule has 0 unspecified atom stereocenters. The molecule has 0 bridgehead atoms. The molecule has 0 saturated heterocycles. The molecule has 0 saturated carbocycles. The van der Waals surface area contributed by atoms with Crippen molar-refractivity contribution in [1.82, 2.24) is 14.9 Å². The smallest absolute Gasteiger partial charge is 0.216 e. The third kappa shape index (κ3) is 4.12. The molecule has 1 aromatic heterocycles. The summed E-state index contributed by atoms with van der Waals surface area (Å²) in [6.45, 7) is 4.61. The summed E-state index contributed by atoms with van der Waals surface area (Å²) in [6.07, 6.45) is 1.81. The Labute approximate surface area is 174 Å². The lowest BCUT2D eigenvalue weighted by molar-refractivity contribution is 0.306. The van der Waals surface area contributed by atoms with Crippen LogP contribution in [0.25, 0.3) is 10.8 Å². The first-order valence-electron chi connectivity index (χ1n) is 9.53. The highest BCUT2D eigenvalue weighted by atomic mass is 32.1. The highest BCUT2D eigenvalue weighted by Crippen LogP contribution is 2.27. The molecule has 5 nitrogen and oxygen atoms in total. The van der Waals surface area contributed by atoms with E-state index in [0.717, 1.165) is 33.5 Å². The predicted molar refractivity (Wildman–Crippen MR) is 119 cm³/mol. The zero-order valence-electron chi connectivity index (χ0n) is 16.4. The van der Waals surface area contributed by atoms with Gasteiger partial charge in [0.05, 0.1) is 6.21 Å². The first kappa shape index (κ1) is 19.1. The number of nitrogens with one attached hydrogen (secondary N) is 1. The van der Waals surface area contributed by atoms with Crippen molar-refractivity contribution >= 4 is 29.2 Å². The van der Waals surface area contributed by atoms with Crippen LogP contribution < -0.4 is 4.74 Å². The number of fused-ring (bicyclic) bond motifs is 1. The SMILES string of the molecule is CC(C)c1n[nH]c(=S)n1/N=C\c1c(OCc2ccccc2)ccc2ccccc12. The fourth-order valence-electron chi connectivity index (χ4n) is 3.17. The van der Waals surface area contributed by atoms with Crippen LogP contribution in [0.15, 0.2) is 71.8 Å². The van der Waals surface area contributed by atoms with Crippen molar-refractivity contribution in [3.05, 3.63) is 88.5 Å². The van der Waals surface area contributed by atoms with Gasteiger partial charge in [-0.3, -0.25) is 5.10 Å². The molecule has 0 fully saturated rings. The van der Waals surface area contributed by atoms with Crippen molar-refractivity contribution in [2.45, 2.75) is 26.4 Å². The molecule has 0 atom stereocenters. The second-order valence-electron chi connectivity index (χ2n) is 7.07. The zero-order chi connectivity index (χ0) is 20.2. The number of rotatable bonds is 6. The fraction of sp³-hybridized carbons (Fsp3) is 0.174. The molecule has 0 radical (unpaired) electrons. The fourth-order valence-corrected chi connectivity index (χ4v) is 3.36. The van der Waals surface area contributed by atoms with E-state index in [1.807, 2.05) is 36.4 Å². The molecular formula is C23H22N4OS. The average Bonchev–Trinajstić information content (AvgIpc) is 3.12. The summed E-state index contributed by atoms with van der Waals surface area (Å²) in [7, 11) is 0. The van der Waals surface area contributed by atoms with Gasteiger partial charge in [-0.15, -0.1) is 0 Å². The van der Waals surface area contributed by atoms with Gasteiger partial charge in [-0.05, 0) is 34.6 Å². The lowest BCUT2D eigenvalue weighted by atomic mass is 10.0. The van der Waals surface area contributed by atoms with Crippen LogP contribution in [-0.4, -0.2) is 21.1 Å². The first-order chi connectivity index (χ1) is 14.1. The van der Waals surface area contributed by atoms with E-state index in [0.29, 0.717) is 11.4 Å². The second-order valence-corrected chi connectivity index (χ2v) is 7.46. The van der Waals surface area contributed by atoms with E-state index < -0.39 is 0 Å². The standard InChI is InChI=1S/C23H22N4OS/c1-16(2)22-25-26-23(29)27(22)24-14-20-19-11-7-6-10-18(19)12-13-21(20)28-15-17-8-4-3-5-9-17/h3-14,16H,15H2,1-2H3,(H,26,29)/b24-14-. The number of benzene rings is 3. The summed E-state index contributed by atoms with van der Waals surface area (Å²) < 4.78 is 8.30. The molecule has 0 aliphatic carbocycles. The predicted octanol–water partition coefficient (Wildman–Crippen LogP) is 5.68. The van der Waals surface area contributed by atoms with Gasteiger partial charge >= 0.3 is 0 Å². The van der Waals surface area contributed by atoms with E-state index >= 15 is 0 Å². The second kappa shape index (κ2) is 8.41. The molecule has 0 aliphatic heterocycles. The van der Waals surface area contributed by atoms with Gasteiger partial charge in [-0.25, -0.2) is 0 Å².